The number of rotatable bonds is 5. The predicted molar refractivity (Wildman–Crippen MR) is 125 cm³/mol. The molecule has 0 saturated carbocycles. The van der Waals surface area contributed by atoms with Crippen molar-refractivity contribution in [3.8, 4) is 0 Å². The van der Waals surface area contributed by atoms with Crippen LogP contribution in [0.3, 0.4) is 0 Å². The lowest BCUT2D eigenvalue weighted by atomic mass is 9.89. The van der Waals surface area contributed by atoms with Crippen LogP contribution in [-0.4, -0.2) is 60.9 Å². The highest BCUT2D eigenvalue weighted by molar-refractivity contribution is 6.33. The lowest BCUT2D eigenvalue weighted by Gasteiger charge is -2.43. The minimum atomic E-state index is -1.19. The summed E-state index contributed by atoms with van der Waals surface area (Å²) in [5, 5.41) is 14.9. The number of aliphatic carboxylic acids is 1. The van der Waals surface area contributed by atoms with E-state index in [1.807, 2.05) is 30.5 Å². The van der Waals surface area contributed by atoms with Crippen molar-refractivity contribution in [2.45, 2.75) is 50.7 Å². The normalized spacial score (nSPS) is 19.7. The number of piperidine rings is 1. The Kier molecular flexibility index (Phi) is 5.95. The zero-order chi connectivity index (χ0) is 22.8. The van der Waals surface area contributed by atoms with Crippen molar-refractivity contribution in [2.75, 3.05) is 13.1 Å². The summed E-state index contributed by atoms with van der Waals surface area (Å²) in [4.78, 5) is 26.7. The first-order valence-corrected chi connectivity index (χ1v) is 11.5. The molecule has 1 aliphatic carbocycles. The number of nitrogens with two attached hydrogens (primary N) is 1. The first kappa shape index (κ1) is 21.4. The van der Waals surface area contributed by atoms with Crippen molar-refractivity contribution < 1.29 is 9.90 Å². The van der Waals surface area contributed by atoms with Crippen molar-refractivity contribution in [1.29, 1.82) is 0 Å². The molecule has 2 aliphatic rings. The molecule has 5 rings (SSSR count). The van der Waals surface area contributed by atoms with E-state index < -0.39 is 5.97 Å². The minimum absolute atomic E-state index is 0.229. The van der Waals surface area contributed by atoms with Gasteiger partial charge >= 0.3 is 5.97 Å². The predicted octanol–water partition coefficient (Wildman–Crippen LogP) is 2.66. The Labute approximate surface area is 192 Å². The SMILES string of the molecule is N/C(=N\N1CCC(N(Cc2nc3ccccc3[nH]2)C2CCCc3cccnc32)CC1)C(=O)O. The van der Waals surface area contributed by atoms with Crippen LogP contribution in [-0.2, 0) is 17.8 Å². The maximum absolute atomic E-state index is 11.0. The van der Waals surface area contributed by atoms with Crippen molar-refractivity contribution in [1.82, 2.24) is 24.9 Å². The number of hydrogen-bond donors (Lipinski definition) is 3. The molecule has 4 N–H and O–H groups in total. The number of carbonyl (C=O) groups is 1. The second-order valence-electron chi connectivity index (χ2n) is 8.80. The summed E-state index contributed by atoms with van der Waals surface area (Å²) in [7, 11) is 0. The van der Waals surface area contributed by atoms with Gasteiger partial charge in [0.1, 0.15) is 5.82 Å². The molecule has 2 aromatic heterocycles. The van der Waals surface area contributed by atoms with Gasteiger partial charge in [0.2, 0.25) is 5.84 Å². The summed E-state index contributed by atoms with van der Waals surface area (Å²) in [6.07, 6.45) is 6.90. The largest absolute Gasteiger partial charge is 0.475 e. The molecule has 3 heterocycles. The zero-order valence-electron chi connectivity index (χ0n) is 18.5. The van der Waals surface area contributed by atoms with Gasteiger partial charge in [0, 0.05) is 25.3 Å². The van der Waals surface area contributed by atoms with Crippen LogP contribution in [0.25, 0.3) is 11.0 Å². The second kappa shape index (κ2) is 9.19. The fourth-order valence-electron chi connectivity index (χ4n) is 5.13. The number of benzene rings is 1. The third-order valence-electron chi connectivity index (χ3n) is 6.71. The summed E-state index contributed by atoms with van der Waals surface area (Å²) in [5.41, 5.74) is 10.1. The monoisotopic (exact) mass is 447 g/mol. The molecule has 0 spiro atoms. The minimum Gasteiger partial charge on any atom is -0.475 e. The van der Waals surface area contributed by atoms with E-state index in [1.54, 1.807) is 5.01 Å². The quantitative estimate of drug-likeness (QED) is 0.406. The Morgan fingerprint density at radius 1 is 1.21 bits per heavy atom. The summed E-state index contributed by atoms with van der Waals surface area (Å²) in [6.45, 7) is 2.04. The van der Waals surface area contributed by atoms with Gasteiger partial charge in [-0.15, -0.1) is 0 Å². The van der Waals surface area contributed by atoms with E-state index in [0.717, 1.165) is 49.0 Å². The second-order valence-corrected chi connectivity index (χ2v) is 8.80. The third-order valence-corrected chi connectivity index (χ3v) is 6.71. The van der Waals surface area contributed by atoms with Crippen molar-refractivity contribution in [2.24, 2.45) is 10.8 Å². The average Bonchev–Trinajstić information content (AvgIpc) is 3.25. The zero-order valence-corrected chi connectivity index (χ0v) is 18.5. The molecule has 1 unspecified atom stereocenters. The van der Waals surface area contributed by atoms with Crippen molar-refractivity contribution in [3.63, 3.8) is 0 Å². The number of carboxylic acid groups (broad SMARTS) is 1. The number of nitrogens with one attached hydrogen (secondary N) is 1. The number of fused-ring (bicyclic) bond motifs is 2. The standard InChI is InChI=1S/C24H29N7O2/c25-23(24(32)33)29-30-13-10-17(11-14-30)31(15-21-27-18-7-1-2-8-19(18)28-21)20-9-3-5-16-6-4-12-26-22(16)20/h1-2,4,6-8,12,17,20H,3,5,9-11,13-15H2,(H2,25,29)(H,27,28)(H,32,33). The molecule has 9 heteroatoms. The van der Waals surface area contributed by atoms with Crippen LogP contribution >= 0.6 is 0 Å². The topological polar surface area (TPSA) is 124 Å². The lowest BCUT2D eigenvalue weighted by Crippen LogP contribution is -2.46. The number of aryl methyl sites for hydroxylation is 1. The fourth-order valence-corrected chi connectivity index (χ4v) is 5.13. The number of pyridine rings is 1. The van der Waals surface area contributed by atoms with Gasteiger partial charge in [-0.1, -0.05) is 18.2 Å². The van der Waals surface area contributed by atoms with Crippen molar-refractivity contribution >= 4 is 22.8 Å². The van der Waals surface area contributed by atoms with Crippen molar-refractivity contribution in [3.05, 3.63) is 59.7 Å². The maximum atomic E-state index is 11.0. The first-order valence-electron chi connectivity index (χ1n) is 11.5. The highest BCUT2D eigenvalue weighted by Gasteiger charge is 2.34. The molecule has 1 saturated heterocycles. The molecule has 0 bridgehead atoms. The Morgan fingerprint density at radius 3 is 2.82 bits per heavy atom. The Hall–Kier alpha value is -3.46. The van der Waals surface area contributed by atoms with E-state index in [0.29, 0.717) is 25.7 Å². The van der Waals surface area contributed by atoms with Gasteiger partial charge in [0.05, 0.1) is 29.3 Å². The lowest BCUT2D eigenvalue weighted by molar-refractivity contribution is -0.129. The number of para-hydroxylation sites is 2. The van der Waals surface area contributed by atoms with Gasteiger partial charge in [-0.25, -0.2) is 9.78 Å². The Morgan fingerprint density at radius 2 is 2.03 bits per heavy atom. The van der Waals surface area contributed by atoms with Gasteiger partial charge in [-0.3, -0.25) is 14.9 Å². The smallest absolute Gasteiger partial charge is 0.373 e. The van der Waals surface area contributed by atoms with Gasteiger partial charge in [0.15, 0.2) is 0 Å². The Balaban J connectivity index is 1.41. The molecule has 172 valence electrons. The van der Waals surface area contributed by atoms with Crippen LogP contribution in [0.1, 0.15) is 48.8 Å². The van der Waals surface area contributed by atoms with E-state index in [9.17, 15) is 4.79 Å². The summed E-state index contributed by atoms with van der Waals surface area (Å²) < 4.78 is 0. The van der Waals surface area contributed by atoms with Crippen LogP contribution in [0.4, 0.5) is 0 Å². The summed E-state index contributed by atoms with van der Waals surface area (Å²) in [5.74, 6) is -0.596. The van der Waals surface area contributed by atoms with Gasteiger partial charge in [0.25, 0.3) is 0 Å². The van der Waals surface area contributed by atoms with Crippen LogP contribution < -0.4 is 5.73 Å². The number of H-pyrrole nitrogens is 1. The van der Waals surface area contributed by atoms with E-state index >= 15 is 0 Å². The van der Waals surface area contributed by atoms with Crippen LogP contribution in [0.15, 0.2) is 47.7 Å². The molecule has 3 aromatic rings. The number of carboxylic acids is 1. The number of aromatic nitrogens is 3. The van der Waals surface area contributed by atoms with Crippen LogP contribution in [0.5, 0.6) is 0 Å². The highest BCUT2D eigenvalue weighted by atomic mass is 16.4. The van der Waals surface area contributed by atoms with E-state index in [-0.39, 0.29) is 11.9 Å². The van der Waals surface area contributed by atoms with Crippen LogP contribution in [0.2, 0.25) is 0 Å². The molecule has 9 nitrogen and oxygen atoms in total. The summed E-state index contributed by atoms with van der Waals surface area (Å²) >= 11 is 0. The fraction of sp³-hybridized carbons (Fsp3) is 0.417. The highest BCUT2D eigenvalue weighted by Crippen LogP contribution is 2.37. The molecule has 1 aliphatic heterocycles. The number of aromatic amines is 1. The number of imidazole rings is 1. The molecule has 0 amide bonds. The Bertz CT molecular complexity index is 1130. The molecule has 1 aromatic carbocycles. The molecule has 0 radical (unpaired) electrons. The number of amidine groups is 1. The number of nitrogens with zero attached hydrogens (tertiary/aromatic N) is 5. The number of hydrazone groups is 1. The third kappa shape index (κ3) is 4.54. The van der Waals surface area contributed by atoms with E-state index in [2.05, 4.69) is 27.1 Å². The molecule has 33 heavy (non-hydrogen) atoms. The van der Waals surface area contributed by atoms with E-state index in [1.165, 1.54) is 11.3 Å². The maximum Gasteiger partial charge on any atom is 0.373 e. The van der Waals surface area contributed by atoms with Gasteiger partial charge in [-0.2, -0.15) is 5.10 Å². The molecular formula is C24H29N7O2. The van der Waals surface area contributed by atoms with E-state index in [4.69, 9.17) is 20.8 Å². The molecular weight excluding hydrogens is 418 g/mol. The molecule has 1 atom stereocenters. The van der Waals surface area contributed by atoms with Gasteiger partial charge < -0.3 is 15.8 Å². The van der Waals surface area contributed by atoms with Gasteiger partial charge in [-0.05, 0) is 55.9 Å². The van der Waals surface area contributed by atoms with Crippen LogP contribution in [0, 0.1) is 0 Å². The number of hydrogen-bond acceptors (Lipinski definition) is 6. The molecule has 1 fully saturated rings. The average molecular weight is 448 g/mol. The summed E-state index contributed by atoms with van der Waals surface area (Å²) in [6, 6.07) is 12.9. The first-order chi connectivity index (χ1) is 16.1.